The number of hydrogen-bond acceptors (Lipinski definition) is 3. The van der Waals surface area contributed by atoms with Gasteiger partial charge in [-0.3, -0.25) is 14.5 Å². The van der Waals surface area contributed by atoms with Gasteiger partial charge in [-0.1, -0.05) is 54.6 Å². The van der Waals surface area contributed by atoms with Crippen LogP contribution in [0.25, 0.3) is 6.08 Å². The minimum Gasteiger partial charge on any atom is -0.347 e. The lowest BCUT2D eigenvalue weighted by Gasteiger charge is -2.15. The number of likely N-dealkylation sites (tertiary alicyclic amines) is 1. The highest BCUT2D eigenvalue weighted by Crippen LogP contribution is 2.13. The van der Waals surface area contributed by atoms with E-state index in [4.69, 9.17) is 0 Å². The third kappa shape index (κ3) is 6.06. The molecule has 1 saturated heterocycles. The molecule has 1 aliphatic rings. The summed E-state index contributed by atoms with van der Waals surface area (Å²) >= 11 is 0. The highest BCUT2D eigenvalue weighted by molar-refractivity contribution is 6.00. The van der Waals surface area contributed by atoms with E-state index >= 15 is 0 Å². The van der Waals surface area contributed by atoms with Crippen molar-refractivity contribution in [3.05, 3.63) is 77.0 Å². The van der Waals surface area contributed by atoms with E-state index in [0.717, 1.165) is 17.7 Å². The van der Waals surface area contributed by atoms with Gasteiger partial charge in [0.1, 0.15) is 5.70 Å². The van der Waals surface area contributed by atoms with Crippen molar-refractivity contribution in [2.75, 3.05) is 13.1 Å². The molecule has 2 aromatic rings. The van der Waals surface area contributed by atoms with Crippen LogP contribution in [0.15, 0.2) is 60.3 Å². The molecule has 1 aliphatic heterocycles. The summed E-state index contributed by atoms with van der Waals surface area (Å²) in [6.45, 7) is 5.15. The van der Waals surface area contributed by atoms with E-state index in [1.54, 1.807) is 6.08 Å². The van der Waals surface area contributed by atoms with Crippen LogP contribution in [0.4, 0.5) is 0 Å². The van der Waals surface area contributed by atoms with E-state index in [-0.39, 0.29) is 17.5 Å². The molecule has 1 fully saturated rings. The molecule has 2 N–H and O–H groups in total. The summed E-state index contributed by atoms with van der Waals surface area (Å²) < 4.78 is 0. The molecule has 1 heterocycles. The zero-order chi connectivity index (χ0) is 19.8. The number of nitrogens with zero attached hydrogens (tertiary/aromatic N) is 1. The Balaban J connectivity index is 1.59. The molecule has 5 heteroatoms. The number of benzene rings is 2. The Hall–Kier alpha value is -2.92. The Morgan fingerprint density at radius 2 is 1.61 bits per heavy atom. The third-order valence-electron chi connectivity index (χ3n) is 4.75. The number of carbonyl (C=O) groups excluding carboxylic acids is 2. The summed E-state index contributed by atoms with van der Waals surface area (Å²) in [6.07, 6.45) is 4.25. The lowest BCUT2D eigenvalue weighted by atomic mass is 10.1. The summed E-state index contributed by atoms with van der Waals surface area (Å²) in [7, 11) is 0. The first kappa shape index (κ1) is 19.8. The number of hydrogen-bond donors (Lipinski definition) is 2. The maximum Gasteiger partial charge on any atom is 0.268 e. The summed E-state index contributed by atoms with van der Waals surface area (Å²) in [5.41, 5.74) is 3.41. The van der Waals surface area contributed by atoms with Gasteiger partial charge in [-0.2, -0.15) is 0 Å². The van der Waals surface area contributed by atoms with Crippen molar-refractivity contribution in [3.8, 4) is 0 Å². The van der Waals surface area contributed by atoms with Crippen molar-refractivity contribution in [1.29, 1.82) is 0 Å². The SMILES string of the molecule is CC(=O)N/C(=C\c1ccccc1)C(=O)NCc1ccc(CN2CCCC2)cc1. The van der Waals surface area contributed by atoms with Crippen molar-refractivity contribution in [3.63, 3.8) is 0 Å². The Morgan fingerprint density at radius 1 is 0.964 bits per heavy atom. The van der Waals surface area contributed by atoms with Crippen LogP contribution >= 0.6 is 0 Å². The van der Waals surface area contributed by atoms with E-state index in [1.165, 1.54) is 38.4 Å². The van der Waals surface area contributed by atoms with Gasteiger partial charge in [0, 0.05) is 20.0 Å². The second-order valence-corrected chi connectivity index (χ2v) is 7.13. The first-order valence-electron chi connectivity index (χ1n) is 9.73. The van der Waals surface area contributed by atoms with Crippen molar-refractivity contribution in [2.45, 2.75) is 32.9 Å². The van der Waals surface area contributed by atoms with Gasteiger partial charge in [0.15, 0.2) is 0 Å². The molecule has 146 valence electrons. The maximum atomic E-state index is 12.6. The predicted molar refractivity (Wildman–Crippen MR) is 111 cm³/mol. The quantitative estimate of drug-likeness (QED) is 0.729. The first-order chi connectivity index (χ1) is 13.6. The Bertz CT molecular complexity index is 823. The minimum absolute atomic E-state index is 0.240. The average molecular weight is 377 g/mol. The summed E-state index contributed by atoms with van der Waals surface area (Å²) in [5, 5.41) is 5.50. The minimum atomic E-state index is -0.305. The Morgan fingerprint density at radius 3 is 2.25 bits per heavy atom. The second-order valence-electron chi connectivity index (χ2n) is 7.13. The molecular weight excluding hydrogens is 350 g/mol. The molecule has 0 atom stereocenters. The highest BCUT2D eigenvalue weighted by atomic mass is 16.2. The van der Waals surface area contributed by atoms with Crippen molar-refractivity contribution >= 4 is 17.9 Å². The molecule has 0 aromatic heterocycles. The number of amides is 2. The van der Waals surface area contributed by atoms with E-state index in [2.05, 4.69) is 27.7 Å². The molecule has 0 saturated carbocycles. The lowest BCUT2D eigenvalue weighted by Crippen LogP contribution is -2.33. The van der Waals surface area contributed by atoms with Crippen LogP contribution in [0.1, 0.15) is 36.5 Å². The number of carbonyl (C=O) groups is 2. The van der Waals surface area contributed by atoms with Crippen molar-refractivity contribution < 1.29 is 9.59 Å². The smallest absolute Gasteiger partial charge is 0.268 e. The summed E-state index contributed by atoms with van der Waals surface area (Å²) in [5.74, 6) is -0.580. The van der Waals surface area contributed by atoms with E-state index in [0.29, 0.717) is 6.54 Å². The van der Waals surface area contributed by atoms with Crippen LogP contribution in [0.5, 0.6) is 0 Å². The molecular formula is C23H27N3O2. The maximum absolute atomic E-state index is 12.6. The molecule has 3 rings (SSSR count). The van der Waals surface area contributed by atoms with Gasteiger partial charge < -0.3 is 10.6 Å². The zero-order valence-electron chi connectivity index (χ0n) is 16.3. The van der Waals surface area contributed by atoms with Crippen LogP contribution in [0, 0.1) is 0 Å². The van der Waals surface area contributed by atoms with Gasteiger partial charge in [0.25, 0.3) is 5.91 Å². The fraction of sp³-hybridized carbons (Fsp3) is 0.304. The monoisotopic (exact) mass is 377 g/mol. The van der Waals surface area contributed by atoms with E-state index in [9.17, 15) is 9.59 Å². The molecule has 2 amide bonds. The molecule has 28 heavy (non-hydrogen) atoms. The fourth-order valence-electron chi connectivity index (χ4n) is 3.30. The van der Waals surface area contributed by atoms with Crippen LogP contribution in [0.3, 0.4) is 0 Å². The van der Waals surface area contributed by atoms with Gasteiger partial charge in [0.05, 0.1) is 0 Å². The van der Waals surface area contributed by atoms with Gasteiger partial charge in [-0.25, -0.2) is 0 Å². The standard InChI is InChI=1S/C23H27N3O2/c1-18(27)25-22(15-19-7-3-2-4-8-19)23(28)24-16-20-9-11-21(12-10-20)17-26-13-5-6-14-26/h2-4,7-12,15H,5-6,13-14,16-17H2,1H3,(H,24,28)(H,25,27)/b22-15-. The number of nitrogens with one attached hydrogen (secondary N) is 2. The van der Waals surface area contributed by atoms with Crippen molar-refractivity contribution in [2.24, 2.45) is 0 Å². The molecule has 2 aromatic carbocycles. The van der Waals surface area contributed by atoms with E-state index in [1.807, 2.05) is 42.5 Å². The lowest BCUT2D eigenvalue weighted by molar-refractivity contribution is -0.122. The highest BCUT2D eigenvalue weighted by Gasteiger charge is 2.13. The largest absolute Gasteiger partial charge is 0.347 e. The van der Waals surface area contributed by atoms with Gasteiger partial charge in [0.2, 0.25) is 5.91 Å². The van der Waals surface area contributed by atoms with Gasteiger partial charge in [-0.15, -0.1) is 0 Å². The van der Waals surface area contributed by atoms with Crippen LogP contribution in [-0.4, -0.2) is 29.8 Å². The zero-order valence-corrected chi connectivity index (χ0v) is 16.3. The number of rotatable bonds is 7. The molecule has 0 spiro atoms. The molecule has 0 unspecified atom stereocenters. The van der Waals surface area contributed by atoms with E-state index < -0.39 is 0 Å². The van der Waals surface area contributed by atoms with Gasteiger partial charge in [-0.05, 0) is 48.7 Å². The average Bonchev–Trinajstić information content (AvgIpc) is 3.20. The summed E-state index contributed by atoms with van der Waals surface area (Å²) in [4.78, 5) is 26.5. The molecule has 0 aliphatic carbocycles. The molecule has 0 radical (unpaired) electrons. The predicted octanol–water partition coefficient (Wildman–Crippen LogP) is 3.08. The van der Waals surface area contributed by atoms with Crippen LogP contribution < -0.4 is 10.6 Å². The normalized spacial score (nSPS) is 14.7. The fourth-order valence-corrected chi connectivity index (χ4v) is 3.30. The Labute approximate surface area is 166 Å². The summed E-state index contributed by atoms with van der Waals surface area (Å²) in [6, 6.07) is 17.8. The van der Waals surface area contributed by atoms with Crippen LogP contribution in [-0.2, 0) is 22.7 Å². The third-order valence-corrected chi connectivity index (χ3v) is 4.75. The molecule has 0 bridgehead atoms. The first-order valence-corrected chi connectivity index (χ1v) is 9.73. The second kappa shape index (κ2) is 9.85. The molecule has 5 nitrogen and oxygen atoms in total. The Kier molecular flexibility index (Phi) is 6.98. The van der Waals surface area contributed by atoms with Crippen LogP contribution in [0.2, 0.25) is 0 Å². The topological polar surface area (TPSA) is 61.4 Å². The van der Waals surface area contributed by atoms with Crippen molar-refractivity contribution in [1.82, 2.24) is 15.5 Å². The van der Waals surface area contributed by atoms with Gasteiger partial charge >= 0.3 is 0 Å².